The molecule has 0 aliphatic heterocycles. The third-order valence-electron chi connectivity index (χ3n) is 3.46. The van der Waals surface area contributed by atoms with Crippen molar-refractivity contribution in [1.29, 1.82) is 0 Å². The fourth-order valence-corrected chi connectivity index (χ4v) is 4.39. The van der Waals surface area contributed by atoms with Gasteiger partial charge in [0.1, 0.15) is 14.9 Å². The van der Waals surface area contributed by atoms with Crippen LogP contribution in [-0.2, 0) is 16.4 Å². The second-order valence-electron chi connectivity index (χ2n) is 5.20. The Kier molecular flexibility index (Phi) is 4.48. The second-order valence-corrected chi connectivity index (χ2v) is 8.43. The molecule has 0 spiro atoms. The van der Waals surface area contributed by atoms with Crippen molar-refractivity contribution in [2.75, 3.05) is 0 Å². The van der Waals surface area contributed by atoms with E-state index in [9.17, 15) is 13.2 Å². The highest BCUT2D eigenvalue weighted by Gasteiger charge is 2.19. The molecule has 0 saturated heterocycles. The van der Waals surface area contributed by atoms with E-state index in [-0.39, 0.29) is 15.2 Å². The highest BCUT2D eigenvalue weighted by Crippen LogP contribution is 2.27. The van der Waals surface area contributed by atoms with Crippen molar-refractivity contribution in [3.8, 4) is 5.69 Å². The molecule has 0 bridgehead atoms. The molecule has 126 valence electrons. The summed E-state index contributed by atoms with van der Waals surface area (Å²) in [5.74, 6) is 0.533. The molecule has 0 amide bonds. The summed E-state index contributed by atoms with van der Waals surface area (Å²) in [6.07, 6.45) is 1.33. The summed E-state index contributed by atoms with van der Waals surface area (Å²) in [6.45, 7) is 1.97. The average Bonchev–Trinajstić information content (AvgIpc) is 2.94. The standard InChI is InChI=1S/C15H14ClN3O3S2/c1-2-5-12-18-14-9(8-13(23-14)24(17,21)22)15(20)19(12)11-7-4-3-6-10(11)16/h3-4,6-8H,2,5H2,1H3,(H2,17,21,22). The van der Waals surface area contributed by atoms with E-state index in [1.165, 1.54) is 10.6 Å². The number of hydrogen-bond donors (Lipinski definition) is 1. The summed E-state index contributed by atoms with van der Waals surface area (Å²) in [4.78, 5) is 17.8. The Balaban J connectivity index is 2.39. The van der Waals surface area contributed by atoms with Crippen molar-refractivity contribution >= 4 is 43.2 Å². The Morgan fingerprint density at radius 2 is 2.04 bits per heavy atom. The molecule has 24 heavy (non-hydrogen) atoms. The van der Waals surface area contributed by atoms with E-state index < -0.39 is 10.0 Å². The first kappa shape index (κ1) is 17.1. The lowest BCUT2D eigenvalue weighted by Gasteiger charge is -2.13. The predicted molar refractivity (Wildman–Crippen MR) is 95.6 cm³/mol. The minimum Gasteiger partial charge on any atom is -0.268 e. The van der Waals surface area contributed by atoms with Crippen LogP contribution in [0.15, 0.2) is 39.3 Å². The van der Waals surface area contributed by atoms with Crippen LogP contribution in [0.3, 0.4) is 0 Å². The number of benzene rings is 1. The third-order valence-corrected chi connectivity index (χ3v) is 6.23. The normalized spacial score (nSPS) is 12.0. The van der Waals surface area contributed by atoms with Crippen LogP contribution >= 0.6 is 22.9 Å². The maximum atomic E-state index is 13.0. The lowest BCUT2D eigenvalue weighted by Crippen LogP contribution is -2.23. The summed E-state index contributed by atoms with van der Waals surface area (Å²) >= 11 is 7.13. The fourth-order valence-electron chi connectivity index (χ4n) is 2.41. The van der Waals surface area contributed by atoms with Crippen molar-refractivity contribution in [1.82, 2.24) is 9.55 Å². The maximum absolute atomic E-state index is 13.0. The van der Waals surface area contributed by atoms with Gasteiger partial charge in [-0.25, -0.2) is 18.5 Å². The zero-order chi connectivity index (χ0) is 17.5. The van der Waals surface area contributed by atoms with Gasteiger partial charge in [-0.2, -0.15) is 0 Å². The molecule has 3 aromatic rings. The van der Waals surface area contributed by atoms with Crippen LogP contribution < -0.4 is 10.7 Å². The number of sulfonamides is 1. The lowest BCUT2D eigenvalue weighted by molar-refractivity contribution is 0.600. The van der Waals surface area contributed by atoms with E-state index in [1.54, 1.807) is 24.3 Å². The largest absolute Gasteiger partial charge is 0.268 e. The number of nitrogens with zero attached hydrogens (tertiary/aromatic N) is 2. The lowest BCUT2D eigenvalue weighted by atomic mass is 10.2. The number of halogens is 1. The third kappa shape index (κ3) is 2.98. The number of hydrogen-bond acceptors (Lipinski definition) is 5. The molecule has 0 unspecified atom stereocenters. The van der Waals surface area contributed by atoms with Gasteiger partial charge in [0.05, 0.1) is 16.1 Å². The molecular formula is C15H14ClN3O3S2. The number of thiophene rings is 1. The average molecular weight is 384 g/mol. The van der Waals surface area contributed by atoms with Gasteiger partial charge in [0, 0.05) is 6.42 Å². The van der Waals surface area contributed by atoms with Crippen molar-refractivity contribution < 1.29 is 8.42 Å². The Morgan fingerprint density at radius 1 is 1.33 bits per heavy atom. The first-order valence-electron chi connectivity index (χ1n) is 7.16. The number of aryl methyl sites for hydroxylation is 1. The van der Waals surface area contributed by atoms with Crippen LogP contribution in [0.5, 0.6) is 0 Å². The van der Waals surface area contributed by atoms with Gasteiger partial charge in [-0.15, -0.1) is 11.3 Å². The molecule has 0 saturated carbocycles. The summed E-state index contributed by atoms with van der Waals surface area (Å²) in [5, 5.41) is 5.79. The van der Waals surface area contributed by atoms with E-state index in [2.05, 4.69) is 4.98 Å². The molecule has 2 aromatic heterocycles. The molecule has 0 atom stereocenters. The van der Waals surface area contributed by atoms with Crippen LogP contribution in [-0.4, -0.2) is 18.0 Å². The minimum atomic E-state index is -3.89. The molecule has 6 nitrogen and oxygen atoms in total. The molecule has 9 heteroatoms. The van der Waals surface area contributed by atoms with Gasteiger partial charge in [-0.1, -0.05) is 30.7 Å². The highest BCUT2D eigenvalue weighted by atomic mass is 35.5. The van der Waals surface area contributed by atoms with Gasteiger partial charge in [0.2, 0.25) is 10.0 Å². The van der Waals surface area contributed by atoms with Gasteiger partial charge in [-0.05, 0) is 24.6 Å². The van der Waals surface area contributed by atoms with Crippen LogP contribution in [0.25, 0.3) is 15.9 Å². The molecular weight excluding hydrogens is 370 g/mol. The van der Waals surface area contributed by atoms with Gasteiger partial charge in [0.25, 0.3) is 5.56 Å². The highest BCUT2D eigenvalue weighted by molar-refractivity contribution is 7.91. The number of fused-ring (bicyclic) bond motifs is 1. The van der Waals surface area contributed by atoms with E-state index in [0.29, 0.717) is 27.8 Å². The van der Waals surface area contributed by atoms with E-state index in [1.807, 2.05) is 6.92 Å². The molecule has 0 aliphatic carbocycles. The van der Waals surface area contributed by atoms with Gasteiger partial charge >= 0.3 is 0 Å². The van der Waals surface area contributed by atoms with Crippen molar-refractivity contribution in [3.05, 3.63) is 51.5 Å². The molecule has 1 aromatic carbocycles. The topological polar surface area (TPSA) is 95.1 Å². The van der Waals surface area contributed by atoms with Crippen LogP contribution in [0.4, 0.5) is 0 Å². The van der Waals surface area contributed by atoms with Crippen LogP contribution in [0.2, 0.25) is 5.02 Å². The van der Waals surface area contributed by atoms with Crippen molar-refractivity contribution in [3.63, 3.8) is 0 Å². The molecule has 0 radical (unpaired) electrons. The Labute approximate surface area is 147 Å². The maximum Gasteiger partial charge on any atom is 0.266 e. The number of para-hydroxylation sites is 1. The summed E-state index contributed by atoms with van der Waals surface area (Å²) in [7, 11) is -3.89. The quantitative estimate of drug-likeness (QED) is 0.749. The number of nitrogens with two attached hydrogens (primary N) is 1. The summed E-state index contributed by atoms with van der Waals surface area (Å²) in [5.41, 5.74) is 0.160. The first-order valence-corrected chi connectivity index (χ1v) is 9.90. The Hall–Kier alpha value is -1.74. The van der Waals surface area contributed by atoms with E-state index in [0.717, 1.165) is 17.8 Å². The van der Waals surface area contributed by atoms with Gasteiger partial charge < -0.3 is 0 Å². The monoisotopic (exact) mass is 383 g/mol. The summed E-state index contributed by atoms with van der Waals surface area (Å²) < 4.78 is 24.5. The Morgan fingerprint density at radius 3 is 2.67 bits per heavy atom. The van der Waals surface area contributed by atoms with E-state index in [4.69, 9.17) is 16.7 Å². The van der Waals surface area contributed by atoms with Gasteiger partial charge in [-0.3, -0.25) is 9.36 Å². The molecule has 3 rings (SSSR count). The smallest absolute Gasteiger partial charge is 0.266 e. The minimum absolute atomic E-state index is 0.0820. The van der Waals surface area contributed by atoms with Crippen molar-refractivity contribution in [2.24, 2.45) is 5.14 Å². The molecule has 2 N–H and O–H groups in total. The second kappa shape index (κ2) is 6.29. The predicted octanol–water partition coefficient (Wildman–Crippen LogP) is 2.70. The number of rotatable bonds is 4. The van der Waals surface area contributed by atoms with Crippen molar-refractivity contribution in [2.45, 2.75) is 24.0 Å². The summed E-state index contributed by atoms with van der Waals surface area (Å²) in [6, 6.07) is 8.23. The first-order chi connectivity index (χ1) is 11.3. The number of aromatic nitrogens is 2. The Bertz CT molecular complexity index is 1090. The molecule has 0 fully saturated rings. The van der Waals surface area contributed by atoms with Crippen LogP contribution in [0, 0.1) is 0 Å². The zero-order valence-electron chi connectivity index (χ0n) is 12.7. The van der Waals surface area contributed by atoms with Crippen LogP contribution in [0.1, 0.15) is 19.2 Å². The van der Waals surface area contributed by atoms with Gasteiger partial charge in [0.15, 0.2) is 0 Å². The SMILES string of the molecule is CCCc1nc2sc(S(N)(=O)=O)cc2c(=O)n1-c1ccccc1Cl. The molecule has 2 heterocycles. The van der Waals surface area contributed by atoms with E-state index >= 15 is 0 Å². The zero-order valence-corrected chi connectivity index (χ0v) is 15.1. The fraction of sp³-hybridized carbons (Fsp3) is 0.200. The number of primary sulfonamides is 1. The molecule has 0 aliphatic rings.